The van der Waals surface area contributed by atoms with Crippen LogP contribution in [0.4, 0.5) is 0 Å². The third-order valence-electron chi connectivity index (χ3n) is 16.4. The third kappa shape index (κ3) is 42.3. The van der Waals surface area contributed by atoms with Crippen molar-refractivity contribution in [2.45, 2.75) is 325 Å². The van der Waals surface area contributed by atoms with Crippen molar-refractivity contribution in [3.05, 3.63) is 122 Å². The summed E-state index contributed by atoms with van der Waals surface area (Å²) in [5.74, 6) is -0.215. The molecule has 14 nitrogen and oxygen atoms in total. The van der Waals surface area contributed by atoms with Crippen molar-refractivity contribution < 1.29 is 64.6 Å². The molecule has 510 valence electrons. The lowest BCUT2D eigenvalue weighted by Gasteiger charge is -2.46. The standard InChI is InChI=1S/C75H127NO13/c1-3-5-7-9-11-13-15-17-19-20-21-22-23-24-25-26-27-28-29-30-31-32-33-34-35-36-37-38-39-40-41-42-43-44-45-47-49-51-53-55-57-59-67(80)76-63(64(79)58-56-54-52-50-48-46-18-16-14-12-10-8-6-4-2)62-86-74-72(85)70(83)73(66(61-78)88-74)89-75-71(84)69(82)68(81)65(60-77)87-75/h5,7,11,13,17,19,21-22,24-25,27-28,30-31,33-34,36-37,39-40,63-66,68-75,77-79,81-85H,3-4,6,8-10,12,14-16,18,20,23,26,29,32,35,38,41-62H2,1-2H3,(H,76,80)/b7-5-,13-11-,19-17-,22-21-,25-24-,28-27-,31-30-,34-33-,37-36-,40-39-. The lowest BCUT2D eigenvalue weighted by molar-refractivity contribution is -0.359. The first-order valence-corrected chi connectivity index (χ1v) is 35.3. The fraction of sp³-hybridized carbons (Fsp3) is 0.720. The van der Waals surface area contributed by atoms with E-state index in [0.29, 0.717) is 19.3 Å². The van der Waals surface area contributed by atoms with E-state index in [1.165, 1.54) is 103 Å². The van der Waals surface area contributed by atoms with Crippen molar-refractivity contribution >= 4 is 5.91 Å². The molecule has 2 aliphatic rings. The molecule has 0 aromatic carbocycles. The highest BCUT2D eigenvalue weighted by atomic mass is 16.7. The second kappa shape index (κ2) is 58.2. The van der Waals surface area contributed by atoms with Crippen LogP contribution in [0.1, 0.15) is 251 Å². The number of carbonyl (C=O) groups is 1. The monoisotopic (exact) mass is 1250 g/mol. The maximum atomic E-state index is 13.3. The van der Waals surface area contributed by atoms with Crippen molar-refractivity contribution in [2.24, 2.45) is 0 Å². The summed E-state index contributed by atoms with van der Waals surface area (Å²) >= 11 is 0. The molecule has 2 rings (SSSR count). The van der Waals surface area contributed by atoms with Crippen molar-refractivity contribution in [2.75, 3.05) is 19.8 Å². The van der Waals surface area contributed by atoms with Crippen LogP contribution in [0.15, 0.2) is 122 Å². The van der Waals surface area contributed by atoms with Gasteiger partial charge in [0.15, 0.2) is 12.6 Å². The molecule has 2 heterocycles. The molecule has 0 saturated carbocycles. The Hall–Kier alpha value is -3.61. The minimum atomic E-state index is -1.79. The van der Waals surface area contributed by atoms with Crippen LogP contribution in [-0.4, -0.2) is 140 Å². The average molecular weight is 1250 g/mol. The summed E-state index contributed by atoms with van der Waals surface area (Å²) in [6.45, 7) is 2.74. The fourth-order valence-corrected chi connectivity index (χ4v) is 10.9. The lowest BCUT2D eigenvalue weighted by atomic mass is 9.97. The molecule has 12 atom stereocenters. The largest absolute Gasteiger partial charge is 0.394 e. The van der Waals surface area contributed by atoms with E-state index in [4.69, 9.17) is 18.9 Å². The number of rotatable bonds is 56. The number of unbranched alkanes of at least 4 members (excludes halogenated alkanes) is 23. The highest BCUT2D eigenvalue weighted by Crippen LogP contribution is 2.30. The number of aliphatic hydroxyl groups is 8. The van der Waals surface area contributed by atoms with Gasteiger partial charge in [0.25, 0.3) is 0 Å². The minimum Gasteiger partial charge on any atom is -0.394 e. The SMILES string of the molecule is CC/C=C\C/C=C\C/C=C\C/C=C\C/C=C\C/C=C\C/C=C\C/C=C\C/C=C\C/C=C\CCCCCCCCCCCCC(=O)NC(COC1OC(CO)C(OC2OC(CO)C(O)C(O)C2O)C(O)C1O)C(O)CCCCCCCCCCCCCCCC. The Labute approximate surface area is 539 Å². The molecule has 9 N–H and O–H groups in total. The van der Waals surface area contributed by atoms with E-state index in [1.807, 2.05) is 0 Å². The van der Waals surface area contributed by atoms with E-state index in [1.54, 1.807) is 0 Å². The molecule has 2 saturated heterocycles. The summed E-state index contributed by atoms with van der Waals surface area (Å²) in [6.07, 6.45) is 67.9. The van der Waals surface area contributed by atoms with E-state index in [2.05, 4.69) is 141 Å². The van der Waals surface area contributed by atoms with E-state index in [0.717, 1.165) is 116 Å². The van der Waals surface area contributed by atoms with Crippen molar-refractivity contribution in [3.63, 3.8) is 0 Å². The van der Waals surface area contributed by atoms with Gasteiger partial charge in [-0.2, -0.15) is 0 Å². The summed E-state index contributed by atoms with van der Waals surface area (Å²) in [6, 6.07) is -0.838. The summed E-state index contributed by atoms with van der Waals surface area (Å²) in [7, 11) is 0. The highest BCUT2D eigenvalue weighted by molar-refractivity contribution is 5.76. The van der Waals surface area contributed by atoms with E-state index in [9.17, 15) is 45.6 Å². The van der Waals surface area contributed by atoms with E-state index < -0.39 is 86.8 Å². The Morgan fingerprint density at radius 2 is 0.775 bits per heavy atom. The number of allylic oxidation sites excluding steroid dienone is 20. The molecule has 0 aliphatic carbocycles. The van der Waals surface area contributed by atoms with E-state index in [-0.39, 0.29) is 12.5 Å². The molecule has 12 unspecified atom stereocenters. The van der Waals surface area contributed by atoms with Gasteiger partial charge in [0.1, 0.15) is 48.8 Å². The number of ether oxygens (including phenoxy) is 4. The summed E-state index contributed by atoms with van der Waals surface area (Å²) in [5.41, 5.74) is 0. The van der Waals surface area contributed by atoms with Crippen LogP contribution in [0.5, 0.6) is 0 Å². The second-order valence-corrected chi connectivity index (χ2v) is 24.3. The molecule has 2 fully saturated rings. The number of aliphatic hydroxyl groups excluding tert-OH is 8. The smallest absolute Gasteiger partial charge is 0.220 e. The Balaban J connectivity index is 1.60. The Morgan fingerprint density at radius 3 is 1.19 bits per heavy atom. The molecule has 1 amide bonds. The minimum absolute atomic E-state index is 0.215. The topological polar surface area (TPSA) is 228 Å². The van der Waals surface area contributed by atoms with Crippen LogP contribution in [0.2, 0.25) is 0 Å². The number of hydrogen-bond donors (Lipinski definition) is 9. The van der Waals surface area contributed by atoms with Crippen LogP contribution in [0.3, 0.4) is 0 Å². The van der Waals surface area contributed by atoms with Gasteiger partial charge in [0, 0.05) is 6.42 Å². The maximum absolute atomic E-state index is 13.3. The molecule has 0 aromatic rings. The molecular weight excluding hydrogens is 1120 g/mol. The highest BCUT2D eigenvalue weighted by Gasteiger charge is 2.51. The summed E-state index contributed by atoms with van der Waals surface area (Å²) in [4.78, 5) is 13.3. The van der Waals surface area contributed by atoms with Gasteiger partial charge in [-0.05, 0) is 89.9 Å². The Bertz CT molecular complexity index is 1960. The Kier molecular flexibility index (Phi) is 53.3. The van der Waals surface area contributed by atoms with Crippen molar-refractivity contribution in [1.82, 2.24) is 5.32 Å². The molecule has 0 radical (unpaired) electrons. The normalized spacial score (nSPS) is 23.8. The molecule has 2 aliphatic heterocycles. The summed E-state index contributed by atoms with van der Waals surface area (Å²) < 4.78 is 22.9. The molecule has 0 bridgehead atoms. The third-order valence-corrected chi connectivity index (χ3v) is 16.4. The van der Waals surface area contributed by atoms with Gasteiger partial charge in [-0.1, -0.05) is 277 Å². The molecule has 14 heteroatoms. The van der Waals surface area contributed by atoms with Crippen LogP contribution in [0, 0.1) is 0 Å². The molecule has 89 heavy (non-hydrogen) atoms. The lowest BCUT2D eigenvalue weighted by Crippen LogP contribution is -2.65. The summed E-state index contributed by atoms with van der Waals surface area (Å²) in [5, 5.41) is 87.4. The molecule has 0 spiro atoms. The molecule has 0 aromatic heterocycles. The van der Waals surface area contributed by atoms with E-state index >= 15 is 0 Å². The molecular formula is C75H127NO13. The first kappa shape index (κ1) is 81.5. The Morgan fingerprint density at radius 1 is 0.416 bits per heavy atom. The van der Waals surface area contributed by atoms with Gasteiger partial charge in [0.05, 0.1) is 32.0 Å². The quantitative estimate of drug-likeness (QED) is 0.0204. The second-order valence-electron chi connectivity index (χ2n) is 24.3. The van der Waals surface area contributed by atoms with Gasteiger partial charge >= 0.3 is 0 Å². The van der Waals surface area contributed by atoms with Gasteiger partial charge in [-0.3, -0.25) is 4.79 Å². The van der Waals surface area contributed by atoms with Crippen LogP contribution >= 0.6 is 0 Å². The van der Waals surface area contributed by atoms with Crippen LogP contribution < -0.4 is 5.32 Å². The number of nitrogens with one attached hydrogen (secondary N) is 1. The van der Waals surface area contributed by atoms with Gasteiger partial charge in [0.2, 0.25) is 5.91 Å². The number of amides is 1. The van der Waals surface area contributed by atoms with Gasteiger partial charge < -0.3 is 65.1 Å². The zero-order valence-corrected chi connectivity index (χ0v) is 55.4. The predicted octanol–water partition coefficient (Wildman–Crippen LogP) is 14.5. The zero-order chi connectivity index (χ0) is 64.5. The van der Waals surface area contributed by atoms with Gasteiger partial charge in [-0.15, -0.1) is 0 Å². The van der Waals surface area contributed by atoms with Crippen molar-refractivity contribution in [1.29, 1.82) is 0 Å². The zero-order valence-electron chi connectivity index (χ0n) is 55.4. The fourth-order valence-electron chi connectivity index (χ4n) is 10.9. The van der Waals surface area contributed by atoms with Crippen LogP contribution in [0.25, 0.3) is 0 Å². The van der Waals surface area contributed by atoms with Crippen LogP contribution in [-0.2, 0) is 23.7 Å². The first-order valence-electron chi connectivity index (χ1n) is 35.3. The number of hydrogen-bond acceptors (Lipinski definition) is 13. The first-order chi connectivity index (χ1) is 43.6. The maximum Gasteiger partial charge on any atom is 0.220 e. The number of carbonyl (C=O) groups excluding carboxylic acids is 1. The average Bonchev–Trinajstić information content (AvgIpc) is 2.74. The van der Waals surface area contributed by atoms with Crippen molar-refractivity contribution in [3.8, 4) is 0 Å². The van der Waals surface area contributed by atoms with Gasteiger partial charge in [-0.25, -0.2) is 0 Å². The predicted molar refractivity (Wildman–Crippen MR) is 364 cm³/mol.